The largest absolute Gasteiger partial charge is 0.622 e. The second-order valence-corrected chi connectivity index (χ2v) is 4.54. The van der Waals surface area contributed by atoms with Gasteiger partial charge in [-0.15, -0.1) is 5.06 Å². The number of hydroxylamine groups is 3. The number of rotatable bonds is 2. The van der Waals surface area contributed by atoms with E-state index in [9.17, 15) is 15.2 Å². The summed E-state index contributed by atoms with van der Waals surface area (Å²) in [5, 5.41) is 22.8. The molecule has 5 heteroatoms. The van der Waals surface area contributed by atoms with Gasteiger partial charge in [-0.05, 0) is 13.8 Å². The molecule has 0 aromatic rings. The van der Waals surface area contributed by atoms with Gasteiger partial charge in [-0.3, -0.25) is 4.79 Å². The Balaban J connectivity index is 3.38. The molecule has 5 nitrogen and oxygen atoms in total. The molecule has 0 fully saturated rings. The Morgan fingerprint density at radius 3 is 2.20 bits per heavy atom. The van der Waals surface area contributed by atoms with E-state index in [-0.39, 0.29) is 5.78 Å². The Morgan fingerprint density at radius 1 is 1.53 bits per heavy atom. The van der Waals surface area contributed by atoms with Crippen molar-refractivity contribution in [3.8, 4) is 0 Å². The number of Topliss-reactive ketones (excluding diaryl/α,β-unsaturated/α-hetero) is 1. The molecule has 1 aliphatic rings. The quantitative estimate of drug-likeness (QED) is 0.553. The van der Waals surface area contributed by atoms with Gasteiger partial charge >= 0.3 is 5.66 Å². The van der Waals surface area contributed by atoms with Crippen molar-refractivity contribution in [1.29, 1.82) is 0 Å². The standard InChI is InChI=1S/C10H18N2O3/c1-6-8-9(3,4)12(15)10(5,7(2)13)11(8)14/h15H,6H2,1-5H3/t10-/m1/s1. The van der Waals surface area contributed by atoms with Gasteiger partial charge in [0.2, 0.25) is 5.78 Å². The zero-order chi connectivity index (χ0) is 12.0. The van der Waals surface area contributed by atoms with Crippen molar-refractivity contribution in [1.82, 2.24) is 5.06 Å². The van der Waals surface area contributed by atoms with Crippen molar-refractivity contribution < 1.29 is 14.7 Å². The molecule has 0 saturated heterocycles. The van der Waals surface area contributed by atoms with Crippen LogP contribution >= 0.6 is 0 Å². The summed E-state index contributed by atoms with van der Waals surface area (Å²) >= 11 is 0. The molecule has 0 radical (unpaired) electrons. The summed E-state index contributed by atoms with van der Waals surface area (Å²) in [6, 6.07) is 0. The van der Waals surface area contributed by atoms with Crippen LogP contribution in [-0.2, 0) is 4.79 Å². The van der Waals surface area contributed by atoms with Crippen molar-refractivity contribution in [2.24, 2.45) is 0 Å². The fourth-order valence-corrected chi connectivity index (χ4v) is 2.13. The van der Waals surface area contributed by atoms with E-state index in [0.29, 0.717) is 16.9 Å². The molecule has 1 heterocycles. The number of carbonyl (C=O) groups is 1. The second kappa shape index (κ2) is 3.28. The van der Waals surface area contributed by atoms with Crippen molar-refractivity contribution in [2.75, 3.05) is 0 Å². The predicted octanol–water partition coefficient (Wildman–Crippen LogP) is 1.14. The molecule has 1 aliphatic heterocycles. The van der Waals surface area contributed by atoms with E-state index in [4.69, 9.17) is 0 Å². The average molecular weight is 214 g/mol. The molecule has 1 atom stereocenters. The van der Waals surface area contributed by atoms with Crippen molar-refractivity contribution in [2.45, 2.75) is 52.2 Å². The van der Waals surface area contributed by atoms with E-state index in [0.717, 1.165) is 5.06 Å². The van der Waals surface area contributed by atoms with E-state index in [1.54, 1.807) is 13.8 Å². The summed E-state index contributed by atoms with van der Waals surface area (Å²) in [7, 11) is 0. The Kier molecular flexibility index (Phi) is 2.65. The van der Waals surface area contributed by atoms with Crippen LogP contribution in [-0.4, -0.2) is 37.7 Å². The molecular weight excluding hydrogens is 196 g/mol. The van der Waals surface area contributed by atoms with Crippen LogP contribution in [0.15, 0.2) is 0 Å². The maximum absolute atomic E-state index is 12.0. The van der Waals surface area contributed by atoms with Crippen LogP contribution in [0, 0.1) is 5.21 Å². The number of carbonyl (C=O) groups excluding carboxylic acids is 1. The van der Waals surface area contributed by atoms with Gasteiger partial charge in [0.1, 0.15) is 5.54 Å². The predicted molar refractivity (Wildman–Crippen MR) is 55.7 cm³/mol. The monoisotopic (exact) mass is 214 g/mol. The lowest BCUT2D eigenvalue weighted by Crippen LogP contribution is -2.57. The summed E-state index contributed by atoms with van der Waals surface area (Å²) in [5.74, 6) is -0.364. The minimum absolute atomic E-state index is 0.364. The van der Waals surface area contributed by atoms with Gasteiger partial charge in [-0.2, -0.15) is 4.74 Å². The van der Waals surface area contributed by atoms with Crippen molar-refractivity contribution in [3.63, 3.8) is 0 Å². The van der Waals surface area contributed by atoms with Gasteiger partial charge in [-0.25, -0.2) is 0 Å². The Morgan fingerprint density at radius 2 is 2.00 bits per heavy atom. The first kappa shape index (κ1) is 12.1. The minimum Gasteiger partial charge on any atom is -0.622 e. The zero-order valence-electron chi connectivity index (χ0n) is 9.87. The smallest absolute Gasteiger partial charge is 0.307 e. The van der Waals surface area contributed by atoms with Crippen LogP contribution in [0.25, 0.3) is 0 Å². The van der Waals surface area contributed by atoms with E-state index in [1.807, 2.05) is 6.92 Å². The van der Waals surface area contributed by atoms with Crippen LogP contribution in [0.5, 0.6) is 0 Å². The third-order valence-electron chi connectivity index (χ3n) is 3.29. The molecule has 0 amide bonds. The lowest BCUT2D eigenvalue weighted by Gasteiger charge is -2.30. The summed E-state index contributed by atoms with van der Waals surface area (Å²) in [5.41, 5.74) is -1.77. The van der Waals surface area contributed by atoms with Crippen molar-refractivity contribution >= 4 is 11.5 Å². The third kappa shape index (κ3) is 1.30. The van der Waals surface area contributed by atoms with Crippen LogP contribution in [0.4, 0.5) is 0 Å². The fraction of sp³-hybridized carbons (Fsp3) is 0.800. The van der Waals surface area contributed by atoms with E-state index >= 15 is 0 Å². The molecule has 1 N–H and O–H groups in total. The zero-order valence-corrected chi connectivity index (χ0v) is 9.87. The molecule has 86 valence electrons. The molecule has 0 saturated carbocycles. The van der Waals surface area contributed by atoms with E-state index in [2.05, 4.69) is 0 Å². The molecule has 15 heavy (non-hydrogen) atoms. The van der Waals surface area contributed by atoms with Gasteiger partial charge in [0.25, 0.3) is 0 Å². The highest BCUT2D eigenvalue weighted by atomic mass is 16.6. The highest BCUT2D eigenvalue weighted by Gasteiger charge is 2.61. The molecule has 0 aromatic carbocycles. The first-order valence-corrected chi connectivity index (χ1v) is 5.04. The minimum atomic E-state index is -1.49. The van der Waals surface area contributed by atoms with E-state index < -0.39 is 11.2 Å². The first-order chi connectivity index (χ1) is 6.70. The van der Waals surface area contributed by atoms with Crippen LogP contribution in [0.2, 0.25) is 0 Å². The van der Waals surface area contributed by atoms with Crippen LogP contribution in [0.3, 0.4) is 0 Å². The highest BCUT2D eigenvalue weighted by molar-refractivity contribution is 5.94. The first-order valence-electron chi connectivity index (χ1n) is 5.04. The van der Waals surface area contributed by atoms with E-state index in [1.165, 1.54) is 13.8 Å². The molecule has 0 aliphatic carbocycles. The molecule has 0 bridgehead atoms. The summed E-state index contributed by atoms with van der Waals surface area (Å²) in [6.45, 7) is 8.03. The van der Waals surface area contributed by atoms with Crippen LogP contribution in [0.1, 0.15) is 41.0 Å². The lowest BCUT2D eigenvalue weighted by molar-refractivity contribution is -0.566. The molecule has 0 spiro atoms. The number of hydrogen-bond acceptors (Lipinski definition) is 4. The maximum atomic E-state index is 12.0. The summed E-state index contributed by atoms with van der Waals surface area (Å²) in [4.78, 5) is 11.5. The Hall–Kier alpha value is -0.940. The number of nitrogens with zero attached hydrogens (tertiary/aromatic N) is 2. The number of ketones is 1. The van der Waals surface area contributed by atoms with Crippen molar-refractivity contribution in [3.05, 3.63) is 5.21 Å². The third-order valence-corrected chi connectivity index (χ3v) is 3.29. The molecule has 0 unspecified atom stereocenters. The number of hydrogen-bond donors (Lipinski definition) is 1. The molecular formula is C10H18N2O3. The SMILES string of the molecule is CCC1=[N+]([O-])[C@@](C)(C(C)=O)N(O)C1(C)C. The lowest BCUT2D eigenvalue weighted by atomic mass is 9.96. The van der Waals surface area contributed by atoms with Gasteiger partial charge in [0.05, 0.1) is 0 Å². The maximum Gasteiger partial charge on any atom is 0.307 e. The highest BCUT2D eigenvalue weighted by Crippen LogP contribution is 2.34. The van der Waals surface area contributed by atoms with Gasteiger partial charge in [0.15, 0.2) is 5.71 Å². The second-order valence-electron chi connectivity index (χ2n) is 4.54. The molecule has 0 aromatic heterocycles. The van der Waals surface area contributed by atoms with Gasteiger partial charge < -0.3 is 10.4 Å². The van der Waals surface area contributed by atoms with Gasteiger partial charge in [0, 0.05) is 20.3 Å². The Labute approximate surface area is 89.5 Å². The van der Waals surface area contributed by atoms with Crippen LogP contribution < -0.4 is 0 Å². The molecule has 1 rings (SSSR count). The Bertz CT molecular complexity index is 336. The normalized spacial score (nSPS) is 31.1. The summed E-state index contributed by atoms with van der Waals surface area (Å²) < 4.78 is 0.634. The fourth-order valence-electron chi connectivity index (χ4n) is 2.13. The average Bonchev–Trinajstić information content (AvgIpc) is 2.26. The summed E-state index contributed by atoms with van der Waals surface area (Å²) in [6.07, 6.45) is 0.510. The van der Waals surface area contributed by atoms with Gasteiger partial charge in [-0.1, -0.05) is 6.92 Å². The topological polar surface area (TPSA) is 66.6 Å².